The van der Waals surface area contributed by atoms with Gasteiger partial charge in [0.15, 0.2) is 0 Å². The molecule has 0 radical (unpaired) electrons. The fraction of sp³-hybridized carbons (Fsp3) is 0.250. The van der Waals surface area contributed by atoms with Crippen LogP contribution in [0.15, 0.2) is 46.9 Å². The van der Waals surface area contributed by atoms with E-state index in [0.717, 1.165) is 4.47 Å². The summed E-state index contributed by atoms with van der Waals surface area (Å²) >= 11 is 3.31. The smallest absolute Gasteiger partial charge is 0.261 e. The van der Waals surface area contributed by atoms with Crippen molar-refractivity contribution in [1.29, 1.82) is 0 Å². The summed E-state index contributed by atoms with van der Waals surface area (Å²) in [6, 6.07) is 12.2. The Morgan fingerprint density at radius 1 is 1.11 bits per heavy atom. The highest BCUT2D eigenvalue weighted by molar-refractivity contribution is 9.10. The average molecular weight is 431 g/mol. The molecule has 2 aromatic carbocycles. The summed E-state index contributed by atoms with van der Waals surface area (Å²) in [5.74, 6) is -0.219. The lowest BCUT2D eigenvalue weighted by atomic mass is 10.1. The molecule has 3 rings (SSSR count). The molecule has 0 saturated carbocycles. The van der Waals surface area contributed by atoms with Crippen molar-refractivity contribution in [3.05, 3.63) is 58.1 Å². The number of ether oxygens (including phenoxy) is 1. The Hall–Kier alpha value is -2.67. The van der Waals surface area contributed by atoms with Gasteiger partial charge in [0.1, 0.15) is 5.75 Å². The number of halogens is 1. The number of anilines is 1. The van der Waals surface area contributed by atoms with E-state index in [1.807, 2.05) is 19.1 Å². The highest BCUT2D eigenvalue weighted by Crippen LogP contribution is 2.27. The summed E-state index contributed by atoms with van der Waals surface area (Å²) in [6.45, 7) is 2.58. The molecule has 1 heterocycles. The zero-order chi connectivity index (χ0) is 19.4. The molecule has 0 aromatic heterocycles. The molecule has 0 bridgehead atoms. The lowest BCUT2D eigenvalue weighted by Crippen LogP contribution is -2.31. The van der Waals surface area contributed by atoms with Gasteiger partial charge in [-0.15, -0.1) is 0 Å². The van der Waals surface area contributed by atoms with Crippen LogP contribution in [0.1, 0.15) is 40.5 Å². The summed E-state index contributed by atoms with van der Waals surface area (Å²) < 4.78 is 6.23. The van der Waals surface area contributed by atoms with E-state index in [0.29, 0.717) is 35.6 Å². The third kappa shape index (κ3) is 4.19. The van der Waals surface area contributed by atoms with E-state index in [4.69, 9.17) is 4.74 Å². The molecule has 3 amide bonds. The van der Waals surface area contributed by atoms with Crippen molar-refractivity contribution in [2.75, 3.05) is 18.5 Å². The maximum absolute atomic E-state index is 12.4. The molecule has 0 aliphatic carbocycles. The summed E-state index contributed by atoms with van der Waals surface area (Å²) in [5.41, 5.74) is 1.40. The number of carbonyl (C=O) groups is 3. The van der Waals surface area contributed by atoms with Crippen LogP contribution < -0.4 is 10.1 Å². The molecular formula is C20H19BrN2O4. The van der Waals surface area contributed by atoms with E-state index in [1.54, 1.807) is 30.3 Å². The number of hydrogen-bond donors (Lipinski definition) is 1. The van der Waals surface area contributed by atoms with Gasteiger partial charge in [-0.1, -0.05) is 28.1 Å². The Labute approximate surface area is 165 Å². The highest BCUT2D eigenvalue weighted by Gasteiger charge is 2.35. The van der Waals surface area contributed by atoms with Crippen molar-refractivity contribution in [3.63, 3.8) is 0 Å². The van der Waals surface area contributed by atoms with E-state index in [1.165, 1.54) is 4.90 Å². The number of nitrogens with zero attached hydrogens (tertiary/aromatic N) is 1. The molecule has 0 fully saturated rings. The van der Waals surface area contributed by atoms with Gasteiger partial charge < -0.3 is 10.1 Å². The molecule has 2 aromatic rings. The maximum atomic E-state index is 12.4. The van der Waals surface area contributed by atoms with Crippen LogP contribution in [-0.2, 0) is 4.79 Å². The number of benzene rings is 2. The second-order valence-electron chi connectivity index (χ2n) is 6.03. The third-order valence-electron chi connectivity index (χ3n) is 4.18. The van der Waals surface area contributed by atoms with Crippen LogP contribution in [0.2, 0.25) is 0 Å². The van der Waals surface area contributed by atoms with E-state index in [2.05, 4.69) is 21.2 Å². The van der Waals surface area contributed by atoms with Gasteiger partial charge in [0.05, 0.1) is 23.4 Å². The van der Waals surface area contributed by atoms with Crippen molar-refractivity contribution in [2.24, 2.45) is 0 Å². The third-order valence-corrected chi connectivity index (χ3v) is 4.67. The zero-order valence-corrected chi connectivity index (χ0v) is 16.4. The normalized spacial score (nSPS) is 12.9. The Balaban J connectivity index is 1.55. The van der Waals surface area contributed by atoms with Crippen molar-refractivity contribution in [3.8, 4) is 5.75 Å². The standard InChI is InChI=1S/C20H19BrN2O4/c1-2-27-17-7-4-3-6-16(17)22-18(24)8-5-11-23-19(25)14-10-9-13(21)12-15(14)20(23)26/h3-4,6-7,9-10,12H,2,5,8,11H2,1H3,(H,22,24). The molecule has 27 heavy (non-hydrogen) atoms. The monoisotopic (exact) mass is 430 g/mol. The van der Waals surface area contributed by atoms with Gasteiger partial charge in [0, 0.05) is 17.4 Å². The van der Waals surface area contributed by atoms with Gasteiger partial charge in [-0.25, -0.2) is 0 Å². The topological polar surface area (TPSA) is 75.7 Å². The molecule has 6 nitrogen and oxygen atoms in total. The SMILES string of the molecule is CCOc1ccccc1NC(=O)CCCN1C(=O)c2ccc(Br)cc2C1=O. The maximum Gasteiger partial charge on any atom is 0.261 e. The van der Waals surface area contributed by atoms with Crippen molar-refractivity contribution >= 4 is 39.3 Å². The number of amides is 3. The number of imide groups is 1. The van der Waals surface area contributed by atoms with E-state index in [-0.39, 0.29) is 30.7 Å². The van der Waals surface area contributed by atoms with Crippen molar-refractivity contribution < 1.29 is 19.1 Å². The predicted molar refractivity (Wildman–Crippen MR) is 105 cm³/mol. The van der Waals surface area contributed by atoms with Crippen LogP contribution in [0.25, 0.3) is 0 Å². The molecule has 7 heteroatoms. The number of carbonyl (C=O) groups excluding carboxylic acids is 3. The minimum absolute atomic E-state index is 0.192. The molecular weight excluding hydrogens is 412 g/mol. The Morgan fingerprint density at radius 3 is 2.63 bits per heavy atom. The van der Waals surface area contributed by atoms with Crippen LogP contribution in [0, 0.1) is 0 Å². The van der Waals surface area contributed by atoms with Gasteiger partial charge in [-0.05, 0) is 43.7 Å². The Morgan fingerprint density at radius 2 is 1.85 bits per heavy atom. The van der Waals surface area contributed by atoms with Crippen molar-refractivity contribution in [2.45, 2.75) is 19.8 Å². The van der Waals surface area contributed by atoms with Crippen LogP contribution >= 0.6 is 15.9 Å². The van der Waals surface area contributed by atoms with E-state index in [9.17, 15) is 14.4 Å². The number of nitrogens with one attached hydrogen (secondary N) is 1. The highest BCUT2D eigenvalue weighted by atomic mass is 79.9. The van der Waals surface area contributed by atoms with Crippen LogP contribution in [0.4, 0.5) is 5.69 Å². The summed E-state index contributed by atoms with van der Waals surface area (Å²) in [5, 5.41) is 2.81. The lowest BCUT2D eigenvalue weighted by molar-refractivity contribution is -0.116. The minimum Gasteiger partial charge on any atom is -0.492 e. The van der Waals surface area contributed by atoms with Gasteiger partial charge in [0.25, 0.3) is 11.8 Å². The first-order valence-corrected chi connectivity index (χ1v) is 9.48. The average Bonchev–Trinajstić information content (AvgIpc) is 2.88. The number of para-hydroxylation sites is 2. The summed E-state index contributed by atoms with van der Waals surface area (Å²) in [7, 11) is 0. The first-order chi connectivity index (χ1) is 13.0. The predicted octanol–water partition coefficient (Wildman–Crippen LogP) is 3.86. The van der Waals surface area contributed by atoms with E-state index < -0.39 is 0 Å². The molecule has 140 valence electrons. The fourth-order valence-electron chi connectivity index (χ4n) is 2.93. The molecule has 1 N–H and O–H groups in total. The molecule has 1 aliphatic rings. The summed E-state index contributed by atoms with van der Waals surface area (Å²) in [4.78, 5) is 38.2. The van der Waals surface area contributed by atoms with Crippen LogP contribution in [-0.4, -0.2) is 35.8 Å². The molecule has 0 saturated heterocycles. The lowest BCUT2D eigenvalue weighted by Gasteiger charge is -2.14. The van der Waals surface area contributed by atoms with Gasteiger partial charge >= 0.3 is 0 Å². The van der Waals surface area contributed by atoms with E-state index >= 15 is 0 Å². The molecule has 0 atom stereocenters. The number of fused-ring (bicyclic) bond motifs is 1. The number of hydrogen-bond acceptors (Lipinski definition) is 4. The molecule has 0 spiro atoms. The van der Waals surface area contributed by atoms with Gasteiger partial charge in [-0.2, -0.15) is 0 Å². The Kier molecular flexibility index (Phi) is 5.91. The second kappa shape index (κ2) is 8.35. The zero-order valence-electron chi connectivity index (χ0n) is 14.8. The molecule has 0 unspecified atom stereocenters. The van der Waals surface area contributed by atoms with Crippen LogP contribution in [0.3, 0.4) is 0 Å². The van der Waals surface area contributed by atoms with Crippen LogP contribution in [0.5, 0.6) is 5.75 Å². The van der Waals surface area contributed by atoms with Gasteiger partial charge in [0.2, 0.25) is 5.91 Å². The molecule has 1 aliphatic heterocycles. The number of rotatable bonds is 7. The van der Waals surface area contributed by atoms with Crippen molar-refractivity contribution in [1.82, 2.24) is 4.90 Å². The first kappa shape index (κ1) is 19.1. The first-order valence-electron chi connectivity index (χ1n) is 8.68. The largest absolute Gasteiger partial charge is 0.492 e. The summed E-state index contributed by atoms with van der Waals surface area (Å²) in [6.07, 6.45) is 0.576. The second-order valence-corrected chi connectivity index (χ2v) is 6.95. The quantitative estimate of drug-likeness (QED) is 0.676. The van der Waals surface area contributed by atoms with Gasteiger partial charge in [-0.3, -0.25) is 19.3 Å². The fourth-order valence-corrected chi connectivity index (χ4v) is 3.29. The minimum atomic E-state index is -0.321. The Bertz CT molecular complexity index is 897.